The molecular weight excluding hydrogens is 392 g/mol. The average molecular weight is 416 g/mol. The third kappa shape index (κ3) is 4.30. The lowest BCUT2D eigenvalue weighted by Gasteiger charge is -2.35. The van der Waals surface area contributed by atoms with Crippen LogP contribution in [-0.4, -0.2) is 53.7 Å². The van der Waals surface area contributed by atoms with Gasteiger partial charge in [0.2, 0.25) is 12.7 Å². The highest BCUT2D eigenvalue weighted by Crippen LogP contribution is 2.32. The van der Waals surface area contributed by atoms with Crippen LogP contribution in [0.5, 0.6) is 11.5 Å². The van der Waals surface area contributed by atoms with E-state index in [4.69, 9.17) is 14.5 Å². The molecule has 158 valence electrons. The van der Waals surface area contributed by atoms with Crippen molar-refractivity contribution in [1.82, 2.24) is 14.9 Å². The van der Waals surface area contributed by atoms with Crippen LogP contribution in [-0.2, 0) is 11.2 Å². The van der Waals surface area contributed by atoms with Crippen LogP contribution in [0.3, 0.4) is 0 Å². The van der Waals surface area contributed by atoms with Gasteiger partial charge in [0.15, 0.2) is 17.3 Å². The molecule has 3 heterocycles. The first-order valence-corrected chi connectivity index (χ1v) is 10.6. The standard InChI is InChI=1S/C24H24N4O3/c29-23(9-7-18-6-8-20-21(16-18)31-17-30-20)28-14-12-27(13-15-28)22-10-11-25-24(26-22)19-4-2-1-3-5-19/h1-6,8,10-11,16H,7,9,12-15,17H2. The van der Waals surface area contributed by atoms with Gasteiger partial charge in [0.1, 0.15) is 5.82 Å². The number of ether oxygens (including phenoxy) is 2. The summed E-state index contributed by atoms with van der Waals surface area (Å²) < 4.78 is 10.8. The number of aromatic nitrogens is 2. The number of benzene rings is 2. The molecular formula is C24H24N4O3. The van der Waals surface area contributed by atoms with Crippen LogP contribution in [0.1, 0.15) is 12.0 Å². The van der Waals surface area contributed by atoms with Gasteiger partial charge in [-0.25, -0.2) is 9.97 Å². The van der Waals surface area contributed by atoms with E-state index in [9.17, 15) is 4.79 Å². The number of hydrogen-bond acceptors (Lipinski definition) is 6. The van der Waals surface area contributed by atoms with Gasteiger partial charge in [-0.05, 0) is 30.2 Å². The van der Waals surface area contributed by atoms with Crippen molar-refractivity contribution in [1.29, 1.82) is 0 Å². The molecule has 2 aliphatic rings. The zero-order valence-corrected chi connectivity index (χ0v) is 17.2. The minimum Gasteiger partial charge on any atom is -0.454 e. The maximum Gasteiger partial charge on any atom is 0.231 e. The molecule has 1 saturated heterocycles. The smallest absolute Gasteiger partial charge is 0.231 e. The third-order valence-corrected chi connectivity index (χ3v) is 5.69. The zero-order valence-electron chi connectivity index (χ0n) is 17.2. The number of piperazine rings is 1. The van der Waals surface area contributed by atoms with Gasteiger partial charge < -0.3 is 19.3 Å². The molecule has 0 radical (unpaired) electrons. The second-order valence-corrected chi connectivity index (χ2v) is 7.66. The Hall–Kier alpha value is -3.61. The molecule has 0 saturated carbocycles. The fourth-order valence-electron chi connectivity index (χ4n) is 3.94. The van der Waals surface area contributed by atoms with E-state index in [1.807, 2.05) is 59.5 Å². The summed E-state index contributed by atoms with van der Waals surface area (Å²) in [5.74, 6) is 3.34. The predicted molar refractivity (Wildman–Crippen MR) is 117 cm³/mol. The number of hydrogen-bond donors (Lipinski definition) is 0. The van der Waals surface area contributed by atoms with E-state index in [1.54, 1.807) is 6.20 Å². The SMILES string of the molecule is O=C(CCc1ccc2c(c1)OCO2)N1CCN(c2ccnc(-c3ccccc3)n2)CC1. The molecule has 0 spiro atoms. The number of nitrogens with zero attached hydrogens (tertiary/aromatic N) is 4. The number of anilines is 1. The minimum absolute atomic E-state index is 0.185. The lowest BCUT2D eigenvalue weighted by molar-refractivity contribution is -0.131. The molecule has 2 aromatic carbocycles. The van der Waals surface area contributed by atoms with Gasteiger partial charge >= 0.3 is 0 Å². The molecule has 31 heavy (non-hydrogen) atoms. The lowest BCUT2D eigenvalue weighted by Crippen LogP contribution is -2.49. The number of fused-ring (bicyclic) bond motifs is 1. The Morgan fingerprint density at radius 1 is 0.935 bits per heavy atom. The fraction of sp³-hybridized carbons (Fsp3) is 0.292. The van der Waals surface area contributed by atoms with Gasteiger partial charge in [-0.15, -0.1) is 0 Å². The summed E-state index contributed by atoms with van der Waals surface area (Å²) in [4.78, 5) is 26.0. The molecule has 7 heteroatoms. The maximum atomic E-state index is 12.7. The predicted octanol–water partition coefficient (Wildman–Crippen LogP) is 3.15. The molecule has 7 nitrogen and oxygen atoms in total. The fourth-order valence-corrected chi connectivity index (χ4v) is 3.94. The van der Waals surface area contributed by atoms with Crippen molar-refractivity contribution in [2.45, 2.75) is 12.8 Å². The van der Waals surface area contributed by atoms with E-state index >= 15 is 0 Å². The third-order valence-electron chi connectivity index (χ3n) is 5.69. The van der Waals surface area contributed by atoms with Crippen molar-refractivity contribution in [2.24, 2.45) is 0 Å². The number of carbonyl (C=O) groups is 1. The van der Waals surface area contributed by atoms with Crippen LogP contribution < -0.4 is 14.4 Å². The molecule has 1 aromatic heterocycles. The summed E-state index contributed by atoms with van der Waals surface area (Å²) >= 11 is 0. The van der Waals surface area contributed by atoms with E-state index in [-0.39, 0.29) is 12.7 Å². The monoisotopic (exact) mass is 416 g/mol. The van der Waals surface area contributed by atoms with Crippen LogP contribution in [0.2, 0.25) is 0 Å². The highest BCUT2D eigenvalue weighted by molar-refractivity contribution is 5.77. The quantitative estimate of drug-likeness (QED) is 0.637. The molecule has 0 aliphatic carbocycles. The summed E-state index contributed by atoms with van der Waals surface area (Å²) in [6.07, 6.45) is 2.99. The molecule has 0 N–H and O–H groups in total. The molecule has 0 atom stereocenters. The van der Waals surface area contributed by atoms with Crippen LogP contribution in [0, 0.1) is 0 Å². The molecule has 1 amide bonds. The number of aryl methyl sites for hydroxylation is 1. The van der Waals surface area contributed by atoms with Crippen molar-refractivity contribution in [3.05, 3.63) is 66.4 Å². The van der Waals surface area contributed by atoms with Crippen LogP contribution in [0.15, 0.2) is 60.8 Å². The van der Waals surface area contributed by atoms with E-state index in [0.717, 1.165) is 47.4 Å². The minimum atomic E-state index is 0.185. The zero-order chi connectivity index (χ0) is 21.0. The van der Waals surface area contributed by atoms with Crippen LogP contribution >= 0.6 is 0 Å². The van der Waals surface area contributed by atoms with Gasteiger partial charge in [-0.2, -0.15) is 0 Å². The molecule has 5 rings (SSSR count). The van der Waals surface area contributed by atoms with Crippen molar-refractivity contribution in [2.75, 3.05) is 37.9 Å². The second kappa shape index (κ2) is 8.63. The molecule has 1 fully saturated rings. The highest BCUT2D eigenvalue weighted by atomic mass is 16.7. The summed E-state index contributed by atoms with van der Waals surface area (Å²) in [6.45, 7) is 3.19. The van der Waals surface area contributed by atoms with Gasteiger partial charge in [0.05, 0.1) is 0 Å². The Morgan fingerprint density at radius 2 is 1.74 bits per heavy atom. The number of rotatable bonds is 5. The first-order valence-electron chi connectivity index (χ1n) is 10.6. The first kappa shape index (κ1) is 19.4. The average Bonchev–Trinajstić information content (AvgIpc) is 3.31. The Bertz CT molecular complexity index is 1070. The summed E-state index contributed by atoms with van der Waals surface area (Å²) in [7, 11) is 0. The van der Waals surface area contributed by atoms with E-state index < -0.39 is 0 Å². The summed E-state index contributed by atoms with van der Waals surface area (Å²) in [6, 6.07) is 17.8. The number of amides is 1. The lowest BCUT2D eigenvalue weighted by atomic mass is 10.1. The Labute approximate surface area is 181 Å². The van der Waals surface area contributed by atoms with Crippen LogP contribution in [0.25, 0.3) is 11.4 Å². The van der Waals surface area contributed by atoms with Gasteiger partial charge in [0.25, 0.3) is 0 Å². The largest absolute Gasteiger partial charge is 0.454 e. The molecule has 0 bridgehead atoms. The Balaban J connectivity index is 1.16. The second-order valence-electron chi connectivity index (χ2n) is 7.66. The molecule has 0 unspecified atom stereocenters. The molecule has 3 aromatic rings. The van der Waals surface area contributed by atoms with Gasteiger partial charge in [-0.1, -0.05) is 36.4 Å². The number of carbonyl (C=O) groups excluding carboxylic acids is 1. The molecule has 2 aliphatic heterocycles. The Morgan fingerprint density at radius 3 is 2.58 bits per heavy atom. The highest BCUT2D eigenvalue weighted by Gasteiger charge is 2.22. The Kier molecular flexibility index (Phi) is 5.39. The van der Waals surface area contributed by atoms with Crippen LogP contribution in [0.4, 0.5) is 5.82 Å². The topological polar surface area (TPSA) is 67.8 Å². The van der Waals surface area contributed by atoms with Crippen molar-refractivity contribution >= 4 is 11.7 Å². The normalized spacial score (nSPS) is 15.2. The van der Waals surface area contributed by atoms with Gasteiger partial charge in [-0.3, -0.25) is 4.79 Å². The summed E-state index contributed by atoms with van der Waals surface area (Å²) in [5.41, 5.74) is 2.09. The van der Waals surface area contributed by atoms with Crippen molar-refractivity contribution in [3.63, 3.8) is 0 Å². The van der Waals surface area contributed by atoms with E-state index in [1.165, 1.54) is 0 Å². The summed E-state index contributed by atoms with van der Waals surface area (Å²) in [5, 5.41) is 0. The van der Waals surface area contributed by atoms with Gasteiger partial charge in [0, 0.05) is 44.4 Å². The van der Waals surface area contributed by atoms with E-state index in [0.29, 0.717) is 25.9 Å². The van der Waals surface area contributed by atoms with Crippen molar-refractivity contribution < 1.29 is 14.3 Å². The van der Waals surface area contributed by atoms with E-state index in [2.05, 4.69) is 9.88 Å². The first-order chi connectivity index (χ1) is 15.3. The van der Waals surface area contributed by atoms with Crippen molar-refractivity contribution in [3.8, 4) is 22.9 Å². The maximum absolute atomic E-state index is 12.7.